The molecule has 1 amide bonds. The quantitative estimate of drug-likeness (QED) is 0.853. The van der Waals surface area contributed by atoms with Crippen LogP contribution in [0.2, 0.25) is 0 Å². The van der Waals surface area contributed by atoms with Gasteiger partial charge >= 0.3 is 12.4 Å². The van der Waals surface area contributed by atoms with Gasteiger partial charge in [-0.25, -0.2) is 4.98 Å². The van der Waals surface area contributed by atoms with Crippen molar-refractivity contribution in [3.05, 3.63) is 29.1 Å². The van der Waals surface area contributed by atoms with Crippen molar-refractivity contribution in [2.75, 3.05) is 0 Å². The Balaban J connectivity index is 2.42. The van der Waals surface area contributed by atoms with Gasteiger partial charge in [-0.05, 0) is 25.0 Å². The van der Waals surface area contributed by atoms with E-state index in [1.54, 1.807) is 0 Å². The third-order valence-electron chi connectivity index (χ3n) is 2.58. The molecule has 0 unspecified atom stereocenters. The molecule has 0 bridgehead atoms. The number of halogens is 6. The molecule has 0 saturated heterocycles. The second-order valence-corrected chi connectivity index (χ2v) is 4.37. The first-order valence-corrected chi connectivity index (χ1v) is 5.55. The van der Waals surface area contributed by atoms with Crippen molar-refractivity contribution < 1.29 is 31.1 Å². The molecule has 1 saturated carbocycles. The van der Waals surface area contributed by atoms with E-state index in [9.17, 15) is 31.1 Å². The molecule has 0 spiro atoms. The van der Waals surface area contributed by atoms with Crippen LogP contribution in [0.15, 0.2) is 12.1 Å². The van der Waals surface area contributed by atoms with Crippen molar-refractivity contribution in [3.8, 4) is 0 Å². The van der Waals surface area contributed by atoms with Crippen LogP contribution in [-0.4, -0.2) is 16.9 Å². The van der Waals surface area contributed by atoms with Gasteiger partial charge in [-0.1, -0.05) is 0 Å². The number of hydrogen-bond donors (Lipinski definition) is 1. The first-order valence-electron chi connectivity index (χ1n) is 5.55. The zero-order valence-corrected chi connectivity index (χ0v) is 9.77. The van der Waals surface area contributed by atoms with Gasteiger partial charge in [0.05, 0.1) is 0 Å². The lowest BCUT2D eigenvalue weighted by Gasteiger charge is -2.13. The molecule has 1 aliphatic rings. The third kappa shape index (κ3) is 3.40. The molecule has 0 radical (unpaired) electrons. The number of rotatable bonds is 2. The summed E-state index contributed by atoms with van der Waals surface area (Å²) < 4.78 is 75.1. The number of aromatic nitrogens is 1. The minimum atomic E-state index is -5.06. The second-order valence-electron chi connectivity index (χ2n) is 4.37. The van der Waals surface area contributed by atoms with E-state index in [2.05, 4.69) is 10.3 Å². The molecule has 0 aliphatic heterocycles. The summed E-state index contributed by atoms with van der Waals surface area (Å²) >= 11 is 0. The van der Waals surface area contributed by atoms with Crippen molar-refractivity contribution in [1.29, 1.82) is 0 Å². The Kier molecular flexibility index (Phi) is 3.39. The van der Waals surface area contributed by atoms with Gasteiger partial charge in [0, 0.05) is 11.6 Å². The molecule has 1 aliphatic carbocycles. The Hall–Kier alpha value is -1.80. The Bertz CT molecular complexity index is 500. The summed E-state index contributed by atoms with van der Waals surface area (Å²) in [6.07, 6.45) is -8.80. The van der Waals surface area contributed by atoms with Gasteiger partial charge in [-0.15, -0.1) is 0 Å². The van der Waals surface area contributed by atoms with Crippen LogP contribution in [-0.2, 0) is 12.4 Å². The Morgan fingerprint density at radius 2 is 1.50 bits per heavy atom. The van der Waals surface area contributed by atoms with E-state index in [-0.39, 0.29) is 6.04 Å². The lowest BCUT2D eigenvalue weighted by Crippen LogP contribution is -2.27. The number of carbonyl (C=O) groups is 1. The largest absolute Gasteiger partial charge is 0.433 e. The molecule has 110 valence electrons. The first-order chi connectivity index (χ1) is 9.07. The van der Waals surface area contributed by atoms with Crippen LogP contribution in [0.5, 0.6) is 0 Å². The van der Waals surface area contributed by atoms with Gasteiger partial charge in [0.1, 0.15) is 11.4 Å². The number of hydrogen-bond acceptors (Lipinski definition) is 2. The summed E-state index contributed by atoms with van der Waals surface area (Å²) in [5.74, 6) is -0.967. The molecule has 20 heavy (non-hydrogen) atoms. The molecule has 0 aromatic carbocycles. The maximum atomic E-state index is 12.5. The molecule has 1 N–H and O–H groups in total. The van der Waals surface area contributed by atoms with E-state index in [1.807, 2.05) is 0 Å². The van der Waals surface area contributed by atoms with Crippen LogP contribution >= 0.6 is 0 Å². The van der Waals surface area contributed by atoms with E-state index in [4.69, 9.17) is 0 Å². The number of alkyl halides is 6. The SMILES string of the molecule is O=C(NC1CC1)c1cc(C(F)(F)F)nc(C(F)(F)F)c1. The van der Waals surface area contributed by atoms with E-state index < -0.39 is 35.2 Å². The minimum absolute atomic E-state index is 0.181. The number of amides is 1. The van der Waals surface area contributed by atoms with E-state index >= 15 is 0 Å². The van der Waals surface area contributed by atoms with Crippen LogP contribution in [0.3, 0.4) is 0 Å². The summed E-state index contributed by atoms with van der Waals surface area (Å²) in [4.78, 5) is 14.1. The number of nitrogens with one attached hydrogen (secondary N) is 1. The van der Waals surface area contributed by atoms with Crippen LogP contribution in [0.25, 0.3) is 0 Å². The van der Waals surface area contributed by atoms with Gasteiger partial charge in [0.15, 0.2) is 0 Å². The first kappa shape index (κ1) is 14.6. The average Bonchev–Trinajstić information content (AvgIpc) is 3.10. The summed E-state index contributed by atoms with van der Waals surface area (Å²) in [5.41, 5.74) is -4.19. The molecule has 1 aromatic heterocycles. The van der Waals surface area contributed by atoms with Crippen LogP contribution in [0.4, 0.5) is 26.3 Å². The summed E-state index contributed by atoms with van der Waals surface area (Å²) in [5, 5.41) is 2.33. The molecule has 3 nitrogen and oxygen atoms in total. The van der Waals surface area contributed by atoms with Crippen LogP contribution in [0, 0.1) is 0 Å². The molecule has 1 aromatic rings. The lowest BCUT2D eigenvalue weighted by atomic mass is 10.1. The van der Waals surface area contributed by atoms with Crippen molar-refractivity contribution in [2.24, 2.45) is 0 Å². The second kappa shape index (κ2) is 4.64. The van der Waals surface area contributed by atoms with Crippen molar-refractivity contribution in [1.82, 2.24) is 10.3 Å². The fourth-order valence-electron chi connectivity index (χ4n) is 1.45. The van der Waals surface area contributed by atoms with Gasteiger partial charge in [0.25, 0.3) is 5.91 Å². The molecule has 1 heterocycles. The van der Waals surface area contributed by atoms with E-state index in [1.165, 1.54) is 0 Å². The van der Waals surface area contributed by atoms with Crippen LogP contribution in [0.1, 0.15) is 34.6 Å². The van der Waals surface area contributed by atoms with Crippen molar-refractivity contribution in [2.45, 2.75) is 31.2 Å². The molecule has 2 rings (SSSR count). The number of carbonyl (C=O) groups excluding carboxylic acids is 1. The fraction of sp³-hybridized carbons (Fsp3) is 0.455. The van der Waals surface area contributed by atoms with Gasteiger partial charge in [-0.2, -0.15) is 26.3 Å². The fourth-order valence-corrected chi connectivity index (χ4v) is 1.45. The number of pyridine rings is 1. The molecule has 1 fully saturated rings. The minimum Gasteiger partial charge on any atom is -0.349 e. The Labute approximate surface area is 109 Å². The normalized spacial score (nSPS) is 16.1. The highest BCUT2D eigenvalue weighted by Gasteiger charge is 2.39. The molecule has 0 atom stereocenters. The monoisotopic (exact) mass is 298 g/mol. The zero-order chi connectivity index (χ0) is 15.1. The lowest BCUT2D eigenvalue weighted by molar-refractivity contribution is -0.150. The highest BCUT2D eigenvalue weighted by molar-refractivity contribution is 5.94. The molecular formula is C11H8F6N2O. The zero-order valence-electron chi connectivity index (χ0n) is 9.77. The van der Waals surface area contributed by atoms with Crippen LogP contribution < -0.4 is 5.32 Å². The van der Waals surface area contributed by atoms with Gasteiger partial charge in [0.2, 0.25) is 0 Å². The maximum absolute atomic E-state index is 12.5. The van der Waals surface area contributed by atoms with Gasteiger partial charge < -0.3 is 5.32 Å². The highest BCUT2D eigenvalue weighted by atomic mass is 19.4. The summed E-state index contributed by atoms with van der Waals surface area (Å²) in [7, 11) is 0. The summed E-state index contributed by atoms with van der Waals surface area (Å²) in [6, 6.07) is 0.444. The van der Waals surface area contributed by atoms with Gasteiger partial charge in [-0.3, -0.25) is 4.79 Å². The van der Waals surface area contributed by atoms with Crippen molar-refractivity contribution in [3.63, 3.8) is 0 Å². The third-order valence-corrected chi connectivity index (χ3v) is 2.58. The Morgan fingerprint density at radius 1 is 1.05 bits per heavy atom. The maximum Gasteiger partial charge on any atom is 0.433 e. The molecule has 9 heteroatoms. The average molecular weight is 298 g/mol. The van der Waals surface area contributed by atoms with Crippen molar-refractivity contribution >= 4 is 5.91 Å². The topological polar surface area (TPSA) is 42.0 Å². The smallest absolute Gasteiger partial charge is 0.349 e. The number of nitrogens with zero attached hydrogens (tertiary/aromatic N) is 1. The molecular weight excluding hydrogens is 290 g/mol. The predicted octanol–water partition coefficient (Wildman–Crippen LogP) is 3.01. The van der Waals surface area contributed by atoms with E-state index in [0.717, 1.165) is 0 Å². The predicted molar refractivity (Wildman–Crippen MR) is 54.7 cm³/mol. The standard InChI is InChI=1S/C11H8F6N2O/c12-10(13,14)7-3-5(9(20)18-6-1-2-6)4-8(19-7)11(15,16)17/h3-4,6H,1-2H2,(H,18,20). The highest BCUT2D eigenvalue weighted by Crippen LogP contribution is 2.33. The summed E-state index contributed by atoms with van der Waals surface area (Å²) in [6.45, 7) is 0. The Morgan fingerprint density at radius 3 is 1.85 bits per heavy atom. The van der Waals surface area contributed by atoms with E-state index in [0.29, 0.717) is 25.0 Å².